The molecule has 0 radical (unpaired) electrons. The van der Waals surface area contributed by atoms with E-state index in [-0.39, 0.29) is 0 Å². The van der Waals surface area contributed by atoms with E-state index in [2.05, 4.69) is 11.9 Å². The highest BCUT2D eigenvalue weighted by molar-refractivity contribution is 5.26. The predicted octanol–water partition coefficient (Wildman–Crippen LogP) is 2.80. The first-order valence-electron chi connectivity index (χ1n) is 6.89. The Morgan fingerprint density at radius 2 is 1.63 bits per heavy atom. The van der Waals surface area contributed by atoms with E-state index in [9.17, 15) is 13.9 Å². The predicted molar refractivity (Wildman–Crippen MR) is 68.7 cm³/mol. The highest BCUT2D eigenvalue weighted by atomic mass is 19.1. The molecule has 2 heterocycles. The fraction of sp³-hybridized carbons (Fsp3) is 0.600. The second kappa shape index (κ2) is 4.53. The molecule has 19 heavy (non-hydrogen) atoms. The van der Waals surface area contributed by atoms with Crippen molar-refractivity contribution < 1.29 is 13.9 Å². The summed E-state index contributed by atoms with van der Waals surface area (Å²) < 4.78 is 26.7. The number of rotatable bonds is 1. The van der Waals surface area contributed by atoms with E-state index in [1.54, 1.807) is 0 Å². The highest BCUT2D eigenvalue weighted by Crippen LogP contribution is 2.43. The molecule has 1 N–H and O–H groups in total. The van der Waals surface area contributed by atoms with Crippen molar-refractivity contribution in [2.45, 2.75) is 49.8 Å². The van der Waals surface area contributed by atoms with Crippen molar-refractivity contribution in [2.75, 3.05) is 7.05 Å². The molecule has 104 valence electrons. The van der Waals surface area contributed by atoms with Crippen molar-refractivity contribution in [1.29, 1.82) is 0 Å². The van der Waals surface area contributed by atoms with Gasteiger partial charge < -0.3 is 10.0 Å². The fourth-order valence-electron chi connectivity index (χ4n) is 3.71. The molecule has 4 heteroatoms. The molecule has 1 aromatic carbocycles. The van der Waals surface area contributed by atoms with Gasteiger partial charge in [0.2, 0.25) is 0 Å². The van der Waals surface area contributed by atoms with Gasteiger partial charge in [-0.15, -0.1) is 0 Å². The number of hydrogen-bond acceptors (Lipinski definition) is 2. The van der Waals surface area contributed by atoms with Crippen LogP contribution < -0.4 is 0 Å². The molecule has 0 aliphatic carbocycles. The number of piperidine rings is 2. The second-order valence-corrected chi connectivity index (χ2v) is 6.00. The van der Waals surface area contributed by atoms with Crippen LogP contribution in [0.2, 0.25) is 0 Å². The van der Waals surface area contributed by atoms with Gasteiger partial charge in [0.1, 0.15) is 11.6 Å². The third-order valence-corrected chi connectivity index (χ3v) is 4.77. The van der Waals surface area contributed by atoms with Crippen LogP contribution in [-0.4, -0.2) is 29.1 Å². The molecule has 2 aliphatic rings. The minimum absolute atomic E-state index is 0.309. The molecule has 0 aromatic heterocycles. The molecule has 0 amide bonds. The molecule has 2 unspecified atom stereocenters. The van der Waals surface area contributed by atoms with Crippen LogP contribution in [0.5, 0.6) is 0 Å². The molecule has 2 atom stereocenters. The largest absolute Gasteiger partial charge is 0.385 e. The topological polar surface area (TPSA) is 23.5 Å². The van der Waals surface area contributed by atoms with Crippen molar-refractivity contribution >= 4 is 0 Å². The summed E-state index contributed by atoms with van der Waals surface area (Å²) in [7, 11) is 2.08. The summed E-state index contributed by atoms with van der Waals surface area (Å²) >= 11 is 0. The first-order valence-corrected chi connectivity index (χ1v) is 6.89. The standard InChI is InChI=1S/C15H19F2NO/c1-18-13-3-2-4-14(18)9-15(19,8-13)10-5-11(16)7-12(17)6-10/h5-7,13-14,19H,2-4,8-9H2,1H3. The zero-order chi connectivity index (χ0) is 13.6. The number of benzene rings is 1. The van der Waals surface area contributed by atoms with Gasteiger partial charge in [0.25, 0.3) is 0 Å². The number of hydrogen-bond donors (Lipinski definition) is 1. The summed E-state index contributed by atoms with van der Waals surface area (Å²) in [6.07, 6.45) is 4.39. The SMILES string of the molecule is CN1C2CCCC1CC(O)(c1cc(F)cc(F)c1)C2. The lowest BCUT2D eigenvalue weighted by Gasteiger charge is -2.50. The first-order chi connectivity index (χ1) is 8.98. The van der Waals surface area contributed by atoms with Gasteiger partial charge in [0, 0.05) is 18.2 Å². The second-order valence-electron chi connectivity index (χ2n) is 6.00. The van der Waals surface area contributed by atoms with E-state index in [1.807, 2.05) is 0 Å². The van der Waals surface area contributed by atoms with Gasteiger partial charge in [-0.25, -0.2) is 8.78 Å². The summed E-state index contributed by atoms with van der Waals surface area (Å²) in [5, 5.41) is 10.9. The molecule has 2 bridgehead atoms. The van der Waals surface area contributed by atoms with E-state index >= 15 is 0 Å². The van der Waals surface area contributed by atoms with Crippen LogP contribution in [-0.2, 0) is 5.60 Å². The van der Waals surface area contributed by atoms with Crippen molar-refractivity contribution in [3.63, 3.8) is 0 Å². The van der Waals surface area contributed by atoms with Gasteiger partial charge in [-0.05, 0) is 50.4 Å². The lowest BCUT2D eigenvalue weighted by atomic mass is 9.73. The van der Waals surface area contributed by atoms with E-state index in [0.717, 1.165) is 18.9 Å². The lowest BCUT2D eigenvalue weighted by Crippen LogP contribution is -2.55. The summed E-state index contributed by atoms with van der Waals surface area (Å²) in [6.45, 7) is 0. The van der Waals surface area contributed by atoms with E-state index < -0.39 is 17.2 Å². The Balaban J connectivity index is 1.95. The maximum Gasteiger partial charge on any atom is 0.126 e. The van der Waals surface area contributed by atoms with E-state index in [0.29, 0.717) is 30.5 Å². The Morgan fingerprint density at radius 3 is 2.16 bits per heavy atom. The average molecular weight is 267 g/mol. The van der Waals surface area contributed by atoms with E-state index in [1.165, 1.54) is 18.6 Å². The molecular formula is C15H19F2NO. The summed E-state index contributed by atoms with van der Waals surface area (Å²) in [4.78, 5) is 2.31. The number of halogens is 2. The van der Waals surface area contributed by atoms with Crippen LogP contribution in [0.3, 0.4) is 0 Å². The zero-order valence-electron chi connectivity index (χ0n) is 11.1. The number of nitrogens with zero attached hydrogens (tertiary/aromatic N) is 1. The third kappa shape index (κ3) is 2.28. The Morgan fingerprint density at radius 1 is 1.11 bits per heavy atom. The van der Waals surface area contributed by atoms with E-state index in [4.69, 9.17) is 0 Å². The fourth-order valence-corrected chi connectivity index (χ4v) is 3.71. The monoisotopic (exact) mass is 267 g/mol. The van der Waals surface area contributed by atoms with Crippen molar-refractivity contribution in [3.05, 3.63) is 35.4 Å². The first kappa shape index (κ1) is 13.0. The van der Waals surface area contributed by atoms with Gasteiger partial charge in [-0.2, -0.15) is 0 Å². The Kier molecular flexibility index (Phi) is 3.10. The number of fused-ring (bicyclic) bond motifs is 2. The molecule has 0 spiro atoms. The molecule has 2 fully saturated rings. The van der Waals surface area contributed by atoms with Gasteiger partial charge in [-0.1, -0.05) is 6.42 Å². The molecule has 3 rings (SSSR count). The molecule has 2 aliphatic heterocycles. The minimum atomic E-state index is -1.09. The average Bonchev–Trinajstić information content (AvgIpc) is 2.30. The third-order valence-electron chi connectivity index (χ3n) is 4.77. The molecule has 2 saturated heterocycles. The van der Waals surface area contributed by atoms with Gasteiger partial charge in [0.05, 0.1) is 5.60 Å². The molecule has 0 saturated carbocycles. The Bertz CT molecular complexity index is 457. The van der Waals surface area contributed by atoms with Gasteiger partial charge in [0.15, 0.2) is 0 Å². The van der Waals surface area contributed by atoms with Crippen molar-refractivity contribution in [1.82, 2.24) is 4.90 Å². The summed E-state index contributed by atoms with van der Waals surface area (Å²) in [5.74, 6) is -1.24. The highest BCUT2D eigenvalue weighted by Gasteiger charge is 2.45. The smallest absolute Gasteiger partial charge is 0.126 e. The van der Waals surface area contributed by atoms with Gasteiger partial charge >= 0.3 is 0 Å². The number of aliphatic hydroxyl groups is 1. The molecule has 1 aromatic rings. The molecular weight excluding hydrogens is 248 g/mol. The van der Waals surface area contributed by atoms with Crippen LogP contribution in [0, 0.1) is 11.6 Å². The van der Waals surface area contributed by atoms with Gasteiger partial charge in [-0.3, -0.25) is 0 Å². The maximum atomic E-state index is 13.4. The van der Waals surface area contributed by atoms with Crippen molar-refractivity contribution in [2.24, 2.45) is 0 Å². The summed E-state index contributed by atoms with van der Waals surface area (Å²) in [5.41, 5.74) is -0.708. The van der Waals surface area contributed by atoms with Crippen LogP contribution in [0.4, 0.5) is 8.78 Å². The van der Waals surface area contributed by atoms with Crippen LogP contribution in [0.1, 0.15) is 37.7 Å². The maximum absolute atomic E-state index is 13.4. The van der Waals surface area contributed by atoms with Crippen molar-refractivity contribution in [3.8, 4) is 0 Å². The lowest BCUT2D eigenvalue weighted by molar-refractivity contribution is -0.0877. The Hall–Kier alpha value is -1.00. The zero-order valence-corrected chi connectivity index (χ0v) is 11.1. The summed E-state index contributed by atoms with van der Waals surface area (Å²) in [6, 6.07) is 4.00. The molecule has 2 nitrogen and oxygen atoms in total. The quantitative estimate of drug-likeness (QED) is 0.845. The van der Waals surface area contributed by atoms with Crippen LogP contribution >= 0.6 is 0 Å². The normalized spacial score (nSPS) is 35.4. The Labute approximate surface area is 112 Å². The minimum Gasteiger partial charge on any atom is -0.385 e. The van der Waals surface area contributed by atoms with Crippen LogP contribution in [0.15, 0.2) is 18.2 Å². The van der Waals surface area contributed by atoms with Crippen LogP contribution in [0.25, 0.3) is 0 Å².